The van der Waals surface area contributed by atoms with Gasteiger partial charge in [0, 0.05) is 26.7 Å². The van der Waals surface area contributed by atoms with Crippen molar-refractivity contribution in [1.29, 1.82) is 0 Å². The highest BCUT2D eigenvalue weighted by Gasteiger charge is 2.31. The van der Waals surface area contributed by atoms with Gasteiger partial charge in [-0.15, -0.1) is 0 Å². The van der Waals surface area contributed by atoms with Crippen molar-refractivity contribution in [3.8, 4) is 5.88 Å². The largest absolute Gasteiger partial charge is 0.480 e. The maximum absolute atomic E-state index is 12.7. The minimum absolute atomic E-state index is 0.0727. The van der Waals surface area contributed by atoms with Crippen LogP contribution in [0.4, 0.5) is 5.82 Å². The number of anilines is 1. The molecule has 11 heteroatoms. The van der Waals surface area contributed by atoms with Crippen molar-refractivity contribution in [2.75, 3.05) is 59.9 Å². The fourth-order valence-electron chi connectivity index (χ4n) is 3.05. The molecule has 1 amide bonds. The minimum Gasteiger partial charge on any atom is -0.480 e. The van der Waals surface area contributed by atoms with Gasteiger partial charge in [0.15, 0.2) is 0 Å². The summed E-state index contributed by atoms with van der Waals surface area (Å²) in [6.07, 6.45) is 0.469. The van der Waals surface area contributed by atoms with Gasteiger partial charge in [0.25, 0.3) is 5.91 Å². The van der Waals surface area contributed by atoms with E-state index in [1.54, 1.807) is 7.11 Å². The minimum atomic E-state index is -0.408. The summed E-state index contributed by atoms with van der Waals surface area (Å²) in [6.45, 7) is 2.32. The Morgan fingerprint density at radius 1 is 1.38 bits per heavy atom. The number of nitrogens with one attached hydrogen (secondary N) is 1. The van der Waals surface area contributed by atoms with Crippen molar-refractivity contribution < 1.29 is 28.5 Å². The van der Waals surface area contributed by atoms with Crippen molar-refractivity contribution in [1.82, 2.24) is 15.2 Å². The van der Waals surface area contributed by atoms with Gasteiger partial charge in [0.05, 0.1) is 38.0 Å². The number of likely N-dealkylation sites (tertiary alicyclic amines) is 1. The average Bonchev–Trinajstić information content (AvgIpc) is 2.73. The van der Waals surface area contributed by atoms with E-state index in [-0.39, 0.29) is 46.9 Å². The van der Waals surface area contributed by atoms with Crippen LogP contribution in [0.5, 0.6) is 5.88 Å². The second-order valence-corrected chi connectivity index (χ2v) is 6.89. The van der Waals surface area contributed by atoms with Crippen LogP contribution in [0.3, 0.4) is 0 Å². The first-order valence-corrected chi connectivity index (χ1v) is 9.48. The number of methoxy groups -OCH3 is 3. The second kappa shape index (κ2) is 11.1. The summed E-state index contributed by atoms with van der Waals surface area (Å²) in [7, 11) is 4.33. The predicted molar refractivity (Wildman–Crippen MR) is 106 cm³/mol. The van der Waals surface area contributed by atoms with Crippen LogP contribution in [0.2, 0.25) is 5.02 Å². The fraction of sp³-hybridized carbons (Fsp3) is 0.611. The van der Waals surface area contributed by atoms with E-state index in [4.69, 9.17) is 31.5 Å². The molecule has 0 saturated carbocycles. The molecule has 3 N–H and O–H groups in total. The highest BCUT2D eigenvalue weighted by molar-refractivity contribution is 6.33. The number of aromatic nitrogens is 1. The summed E-state index contributed by atoms with van der Waals surface area (Å²) >= 11 is 6.00. The standard InChI is InChI=1S/C18H27ClN4O6/c1-26-14-9-23(6-7-29-10-15(24)27-2)5-4-13(14)21-17(25)11-8-12(19)16(20)22-18(11)28-3/h8,13-14H,4-7,9-10H2,1-3H3,(H2,20,22)(H,21,25)/t13-,14+/m0/s1. The molecule has 0 aromatic carbocycles. The van der Waals surface area contributed by atoms with Crippen molar-refractivity contribution in [2.24, 2.45) is 0 Å². The van der Waals surface area contributed by atoms with Crippen LogP contribution in [0.15, 0.2) is 6.07 Å². The molecule has 0 radical (unpaired) electrons. The molecule has 1 aliphatic rings. The molecule has 1 fully saturated rings. The molecule has 0 aliphatic carbocycles. The molecule has 2 atom stereocenters. The Labute approximate surface area is 174 Å². The molecule has 1 aliphatic heterocycles. The van der Waals surface area contributed by atoms with Crippen LogP contribution < -0.4 is 15.8 Å². The van der Waals surface area contributed by atoms with Crippen molar-refractivity contribution >= 4 is 29.3 Å². The molecule has 2 heterocycles. The quantitative estimate of drug-likeness (QED) is 0.421. The van der Waals surface area contributed by atoms with E-state index in [1.807, 2.05) is 0 Å². The van der Waals surface area contributed by atoms with Crippen molar-refractivity contribution in [2.45, 2.75) is 18.6 Å². The number of halogens is 1. The number of esters is 1. The average molecular weight is 431 g/mol. The number of amides is 1. The smallest absolute Gasteiger partial charge is 0.331 e. The summed E-state index contributed by atoms with van der Waals surface area (Å²) < 4.78 is 20.5. The molecular weight excluding hydrogens is 404 g/mol. The number of nitrogen functional groups attached to an aromatic ring is 1. The summed E-state index contributed by atoms with van der Waals surface area (Å²) in [6, 6.07) is 1.24. The van der Waals surface area contributed by atoms with Gasteiger partial charge in [-0.05, 0) is 12.5 Å². The number of pyridine rings is 1. The lowest BCUT2D eigenvalue weighted by Gasteiger charge is -2.38. The van der Waals surface area contributed by atoms with Crippen LogP contribution >= 0.6 is 11.6 Å². The molecule has 0 spiro atoms. The number of hydrogen-bond donors (Lipinski definition) is 2. The number of rotatable bonds is 9. The van der Waals surface area contributed by atoms with E-state index in [2.05, 4.69) is 19.9 Å². The SMILES string of the molecule is COC(=O)COCCN1CC[C@H](NC(=O)c2cc(Cl)c(N)nc2OC)[C@H](OC)C1. The van der Waals surface area contributed by atoms with E-state index >= 15 is 0 Å². The Kier molecular flexibility index (Phi) is 8.90. The summed E-state index contributed by atoms with van der Waals surface area (Å²) in [5, 5.41) is 3.15. The Morgan fingerprint density at radius 2 is 2.14 bits per heavy atom. The number of carbonyl (C=O) groups excluding carboxylic acids is 2. The van der Waals surface area contributed by atoms with E-state index < -0.39 is 5.97 Å². The Hall–Kier alpha value is -2.14. The van der Waals surface area contributed by atoms with Gasteiger partial charge >= 0.3 is 5.97 Å². The maximum Gasteiger partial charge on any atom is 0.331 e. The first-order valence-electron chi connectivity index (χ1n) is 9.10. The van der Waals surface area contributed by atoms with E-state index in [1.165, 1.54) is 20.3 Å². The lowest BCUT2D eigenvalue weighted by Crippen LogP contribution is -2.55. The van der Waals surface area contributed by atoms with Gasteiger partial charge < -0.3 is 30.0 Å². The molecule has 162 valence electrons. The van der Waals surface area contributed by atoms with Gasteiger partial charge in [0.2, 0.25) is 5.88 Å². The fourth-order valence-corrected chi connectivity index (χ4v) is 3.20. The van der Waals surface area contributed by atoms with Crippen LogP contribution in [0.25, 0.3) is 0 Å². The predicted octanol–water partition coefficient (Wildman–Crippen LogP) is 0.335. The zero-order valence-electron chi connectivity index (χ0n) is 16.8. The second-order valence-electron chi connectivity index (χ2n) is 6.48. The van der Waals surface area contributed by atoms with Gasteiger partial charge in [-0.25, -0.2) is 4.79 Å². The molecule has 1 aromatic heterocycles. The molecule has 0 unspecified atom stereocenters. The summed E-state index contributed by atoms with van der Waals surface area (Å²) in [4.78, 5) is 29.9. The third kappa shape index (κ3) is 6.43. The van der Waals surface area contributed by atoms with Crippen molar-refractivity contribution in [3.05, 3.63) is 16.7 Å². The van der Waals surface area contributed by atoms with E-state index in [0.717, 1.165) is 6.54 Å². The monoisotopic (exact) mass is 430 g/mol. The Balaban J connectivity index is 1.91. The number of ether oxygens (including phenoxy) is 4. The van der Waals surface area contributed by atoms with Gasteiger partial charge in [-0.1, -0.05) is 11.6 Å². The highest BCUT2D eigenvalue weighted by atomic mass is 35.5. The molecule has 29 heavy (non-hydrogen) atoms. The zero-order valence-corrected chi connectivity index (χ0v) is 17.5. The molecule has 1 aromatic rings. The normalized spacial score (nSPS) is 19.6. The first kappa shape index (κ1) is 23.1. The molecule has 10 nitrogen and oxygen atoms in total. The molecule has 2 rings (SSSR count). The highest BCUT2D eigenvalue weighted by Crippen LogP contribution is 2.25. The number of nitrogens with zero attached hydrogens (tertiary/aromatic N) is 2. The van der Waals surface area contributed by atoms with Gasteiger partial charge in [0.1, 0.15) is 18.0 Å². The van der Waals surface area contributed by atoms with Crippen LogP contribution in [0, 0.1) is 0 Å². The number of piperidine rings is 1. The topological polar surface area (TPSA) is 125 Å². The third-order valence-electron chi connectivity index (χ3n) is 4.67. The molecule has 1 saturated heterocycles. The lowest BCUT2D eigenvalue weighted by atomic mass is 10.0. The van der Waals surface area contributed by atoms with Crippen LogP contribution in [-0.4, -0.2) is 88.1 Å². The lowest BCUT2D eigenvalue weighted by molar-refractivity contribution is -0.146. The third-order valence-corrected chi connectivity index (χ3v) is 4.97. The molecular formula is C18H27ClN4O6. The molecule has 0 bridgehead atoms. The summed E-state index contributed by atoms with van der Waals surface area (Å²) in [5.74, 6) is -0.567. The number of carbonyl (C=O) groups is 2. The van der Waals surface area contributed by atoms with Gasteiger partial charge in [-0.3, -0.25) is 9.69 Å². The van der Waals surface area contributed by atoms with E-state index in [0.29, 0.717) is 26.1 Å². The number of nitrogens with two attached hydrogens (primary N) is 1. The Morgan fingerprint density at radius 3 is 2.79 bits per heavy atom. The zero-order chi connectivity index (χ0) is 21.4. The van der Waals surface area contributed by atoms with Gasteiger partial charge in [-0.2, -0.15) is 4.98 Å². The van der Waals surface area contributed by atoms with E-state index in [9.17, 15) is 9.59 Å². The maximum atomic E-state index is 12.7. The first-order chi connectivity index (χ1) is 13.9. The number of hydrogen-bond acceptors (Lipinski definition) is 9. The Bertz CT molecular complexity index is 720. The van der Waals surface area contributed by atoms with Crippen LogP contribution in [-0.2, 0) is 19.0 Å². The summed E-state index contributed by atoms with van der Waals surface area (Å²) in [5.41, 5.74) is 5.88. The van der Waals surface area contributed by atoms with Crippen molar-refractivity contribution in [3.63, 3.8) is 0 Å². The van der Waals surface area contributed by atoms with Crippen LogP contribution in [0.1, 0.15) is 16.8 Å².